The molecule has 3 aromatic carbocycles. The number of anilines is 3. The number of rotatable bonds is 7. The zero-order valence-corrected chi connectivity index (χ0v) is 14.7. The maximum atomic E-state index is 11.5. The SMILES string of the molecule is O=[N+]([O-])c1cc([N+](=O)[O-])c(NN(c2ccccc2)c2ccccc2)c([N+](=O)[O-])c1. The number of hydrogen-bond acceptors (Lipinski definition) is 8. The molecule has 0 heterocycles. The number of nitrogens with one attached hydrogen (secondary N) is 1. The summed E-state index contributed by atoms with van der Waals surface area (Å²) in [4.78, 5) is 31.4. The molecule has 0 aromatic heterocycles. The van der Waals surface area contributed by atoms with Crippen LogP contribution in [0.25, 0.3) is 0 Å². The Morgan fingerprint density at radius 2 is 1.07 bits per heavy atom. The van der Waals surface area contributed by atoms with Gasteiger partial charge in [-0.1, -0.05) is 36.4 Å². The van der Waals surface area contributed by atoms with Crippen molar-refractivity contribution in [3.8, 4) is 0 Å². The molecule has 1 N–H and O–H groups in total. The van der Waals surface area contributed by atoms with E-state index in [4.69, 9.17) is 0 Å². The second-order valence-corrected chi connectivity index (χ2v) is 5.75. The molecule has 0 atom stereocenters. The summed E-state index contributed by atoms with van der Waals surface area (Å²) < 4.78 is 0. The smallest absolute Gasteiger partial charge is 0.282 e. The molecule has 11 heteroatoms. The highest BCUT2D eigenvalue weighted by Gasteiger charge is 2.32. The molecule has 0 aliphatic carbocycles. The van der Waals surface area contributed by atoms with Gasteiger partial charge in [0.25, 0.3) is 5.69 Å². The summed E-state index contributed by atoms with van der Waals surface area (Å²) in [6, 6.07) is 18.6. The van der Waals surface area contributed by atoms with Gasteiger partial charge in [0.15, 0.2) is 0 Å². The Labute approximate surface area is 163 Å². The number of nitro groups is 3. The molecule has 0 bridgehead atoms. The van der Waals surface area contributed by atoms with Gasteiger partial charge in [0.2, 0.25) is 5.69 Å². The maximum absolute atomic E-state index is 11.5. The van der Waals surface area contributed by atoms with Crippen LogP contribution < -0.4 is 10.4 Å². The van der Waals surface area contributed by atoms with Crippen LogP contribution in [-0.2, 0) is 0 Å². The quantitative estimate of drug-likeness (QED) is 0.452. The molecule has 11 nitrogen and oxygen atoms in total. The molecule has 0 saturated heterocycles. The Bertz CT molecular complexity index is 1000. The zero-order chi connectivity index (χ0) is 21.0. The highest BCUT2D eigenvalue weighted by Crippen LogP contribution is 2.40. The fourth-order valence-electron chi connectivity index (χ4n) is 2.65. The zero-order valence-electron chi connectivity index (χ0n) is 14.7. The lowest BCUT2D eigenvalue weighted by Gasteiger charge is -2.26. The molecule has 3 rings (SSSR count). The first-order valence-corrected chi connectivity index (χ1v) is 8.16. The van der Waals surface area contributed by atoms with Crippen LogP contribution >= 0.6 is 0 Å². The highest BCUT2D eigenvalue weighted by molar-refractivity contribution is 5.81. The van der Waals surface area contributed by atoms with E-state index in [1.54, 1.807) is 60.7 Å². The van der Waals surface area contributed by atoms with Gasteiger partial charge >= 0.3 is 11.4 Å². The van der Waals surface area contributed by atoms with Crippen molar-refractivity contribution in [2.24, 2.45) is 0 Å². The van der Waals surface area contributed by atoms with Gasteiger partial charge < -0.3 is 0 Å². The number of benzene rings is 3. The Morgan fingerprint density at radius 1 is 0.655 bits per heavy atom. The lowest BCUT2D eigenvalue weighted by atomic mass is 10.2. The van der Waals surface area contributed by atoms with E-state index in [0.717, 1.165) is 0 Å². The van der Waals surface area contributed by atoms with Crippen molar-refractivity contribution in [2.45, 2.75) is 0 Å². The van der Waals surface area contributed by atoms with Crippen molar-refractivity contribution in [3.05, 3.63) is 103 Å². The van der Waals surface area contributed by atoms with E-state index in [1.807, 2.05) is 0 Å². The molecular weight excluding hydrogens is 382 g/mol. The van der Waals surface area contributed by atoms with Crippen molar-refractivity contribution < 1.29 is 14.8 Å². The predicted molar refractivity (Wildman–Crippen MR) is 105 cm³/mol. The van der Waals surface area contributed by atoms with Gasteiger partial charge in [0.05, 0.1) is 38.3 Å². The summed E-state index contributed by atoms with van der Waals surface area (Å²) in [6.45, 7) is 0. The Morgan fingerprint density at radius 3 is 1.41 bits per heavy atom. The molecule has 0 aliphatic heterocycles. The molecular formula is C18H13N5O6. The first kappa shape index (κ1) is 19.2. The molecule has 0 spiro atoms. The number of para-hydroxylation sites is 2. The van der Waals surface area contributed by atoms with Crippen LogP contribution in [0.15, 0.2) is 72.8 Å². The minimum Gasteiger partial charge on any atom is -0.282 e. The third kappa shape index (κ3) is 4.08. The molecule has 0 fully saturated rings. The third-order valence-electron chi connectivity index (χ3n) is 3.94. The maximum Gasteiger partial charge on any atom is 0.308 e. The standard InChI is InChI=1S/C18H13N5O6/c24-21(25)15-11-16(22(26)27)18(17(12-15)23(28)29)19-20(13-7-3-1-4-8-13)14-9-5-2-6-10-14/h1-12,19H. The van der Waals surface area contributed by atoms with Crippen molar-refractivity contribution >= 4 is 34.1 Å². The second kappa shape index (κ2) is 8.00. The average Bonchev–Trinajstić information content (AvgIpc) is 2.72. The monoisotopic (exact) mass is 395 g/mol. The third-order valence-corrected chi connectivity index (χ3v) is 3.94. The van der Waals surface area contributed by atoms with E-state index < -0.39 is 37.5 Å². The van der Waals surface area contributed by atoms with E-state index in [1.165, 1.54) is 5.01 Å². The van der Waals surface area contributed by atoms with Crippen LogP contribution in [0.2, 0.25) is 0 Å². The number of hydrazine groups is 1. The molecule has 29 heavy (non-hydrogen) atoms. The molecule has 0 amide bonds. The number of hydrogen-bond donors (Lipinski definition) is 1. The summed E-state index contributed by atoms with van der Waals surface area (Å²) in [5, 5.41) is 35.5. The van der Waals surface area contributed by atoms with Gasteiger partial charge in [-0.15, -0.1) is 0 Å². The first-order chi connectivity index (χ1) is 13.9. The summed E-state index contributed by atoms with van der Waals surface area (Å²) in [5.41, 5.74) is 0.987. The largest absolute Gasteiger partial charge is 0.308 e. The highest BCUT2D eigenvalue weighted by atomic mass is 16.6. The van der Waals surface area contributed by atoms with E-state index in [2.05, 4.69) is 5.43 Å². The molecule has 0 unspecified atom stereocenters. The van der Waals surface area contributed by atoms with E-state index in [9.17, 15) is 30.3 Å². The predicted octanol–water partition coefficient (Wildman–Crippen LogP) is 4.58. The fraction of sp³-hybridized carbons (Fsp3) is 0. The van der Waals surface area contributed by atoms with Crippen molar-refractivity contribution in [3.63, 3.8) is 0 Å². The summed E-state index contributed by atoms with van der Waals surface area (Å²) >= 11 is 0. The topological polar surface area (TPSA) is 145 Å². The molecule has 3 aromatic rings. The average molecular weight is 395 g/mol. The van der Waals surface area contributed by atoms with Crippen LogP contribution in [-0.4, -0.2) is 14.8 Å². The van der Waals surface area contributed by atoms with Crippen LogP contribution in [0.4, 0.5) is 34.1 Å². The normalized spacial score (nSPS) is 10.2. The van der Waals surface area contributed by atoms with Crippen LogP contribution in [0.5, 0.6) is 0 Å². The summed E-state index contributed by atoms with van der Waals surface area (Å²) in [5.74, 6) is 0. The lowest BCUT2D eigenvalue weighted by Crippen LogP contribution is -2.25. The summed E-state index contributed by atoms with van der Waals surface area (Å²) in [7, 11) is 0. The minimum atomic E-state index is -0.921. The Kier molecular flexibility index (Phi) is 5.30. The van der Waals surface area contributed by atoms with E-state index in [-0.39, 0.29) is 0 Å². The van der Waals surface area contributed by atoms with E-state index >= 15 is 0 Å². The van der Waals surface area contributed by atoms with Gasteiger partial charge in [-0.2, -0.15) is 0 Å². The second-order valence-electron chi connectivity index (χ2n) is 5.75. The first-order valence-electron chi connectivity index (χ1n) is 8.16. The van der Waals surface area contributed by atoms with Crippen molar-refractivity contribution in [1.29, 1.82) is 0 Å². The molecule has 0 radical (unpaired) electrons. The van der Waals surface area contributed by atoms with Crippen LogP contribution in [0.3, 0.4) is 0 Å². The Hall–Kier alpha value is -4.54. The van der Waals surface area contributed by atoms with Gasteiger partial charge in [-0.05, 0) is 24.3 Å². The molecule has 146 valence electrons. The van der Waals surface area contributed by atoms with Gasteiger partial charge in [-0.25, -0.2) is 0 Å². The number of non-ortho nitro benzene ring substituents is 1. The summed E-state index contributed by atoms with van der Waals surface area (Å²) in [6.07, 6.45) is 0. The van der Waals surface area contributed by atoms with Gasteiger partial charge in [-0.3, -0.25) is 40.8 Å². The fourth-order valence-corrected chi connectivity index (χ4v) is 2.65. The van der Waals surface area contributed by atoms with E-state index in [0.29, 0.717) is 23.5 Å². The lowest BCUT2D eigenvalue weighted by molar-refractivity contribution is -0.401. The minimum absolute atomic E-state index is 0.474. The van der Waals surface area contributed by atoms with Gasteiger partial charge in [0, 0.05) is 0 Å². The number of nitro benzene ring substituents is 3. The molecule has 0 saturated carbocycles. The Balaban J connectivity index is 2.21. The van der Waals surface area contributed by atoms with Crippen LogP contribution in [0, 0.1) is 30.3 Å². The molecule has 0 aliphatic rings. The number of nitrogens with zero attached hydrogens (tertiary/aromatic N) is 4. The van der Waals surface area contributed by atoms with Gasteiger partial charge in [0.1, 0.15) is 0 Å². The van der Waals surface area contributed by atoms with Crippen molar-refractivity contribution in [2.75, 3.05) is 10.4 Å². The van der Waals surface area contributed by atoms with Crippen LogP contribution in [0.1, 0.15) is 0 Å². The van der Waals surface area contributed by atoms with Crippen molar-refractivity contribution in [1.82, 2.24) is 0 Å².